The molecule has 25 heavy (non-hydrogen) atoms. The summed E-state index contributed by atoms with van der Waals surface area (Å²) >= 11 is 0. The summed E-state index contributed by atoms with van der Waals surface area (Å²) in [6, 6.07) is 7.42. The number of halogens is 1. The van der Waals surface area contributed by atoms with Gasteiger partial charge in [-0.3, -0.25) is 0 Å². The average molecular weight is 367 g/mol. The van der Waals surface area contributed by atoms with Crippen molar-refractivity contribution in [1.82, 2.24) is 9.62 Å². The predicted molar refractivity (Wildman–Crippen MR) is 96.4 cm³/mol. The first-order chi connectivity index (χ1) is 12.0. The predicted octanol–water partition coefficient (Wildman–Crippen LogP) is 2.87. The molecule has 2 unspecified atom stereocenters. The minimum atomic E-state index is -3.07. The SMILES string of the molecule is O=S(=O)(C1CC1)N1CC(C(CCC2CCCN2)c2cccc(F)c2)C1. The number of nitrogens with one attached hydrogen (secondary N) is 1. The Hall–Kier alpha value is -0.980. The molecule has 2 saturated heterocycles. The molecule has 6 heteroatoms. The minimum Gasteiger partial charge on any atom is -0.314 e. The first-order valence-corrected chi connectivity index (χ1v) is 11.0. The Morgan fingerprint density at radius 1 is 1.24 bits per heavy atom. The van der Waals surface area contributed by atoms with Crippen LogP contribution in [0.1, 0.15) is 50.0 Å². The van der Waals surface area contributed by atoms with Gasteiger partial charge < -0.3 is 5.32 Å². The van der Waals surface area contributed by atoms with Crippen molar-refractivity contribution < 1.29 is 12.8 Å². The summed E-state index contributed by atoms with van der Waals surface area (Å²) < 4.78 is 40.1. The first kappa shape index (κ1) is 17.4. The summed E-state index contributed by atoms with van der Waals surface area (Å²) in [7, 11) is -3.07. The van der Waals surface area contributed by atoms with Gasteiger partial charge in [-0.2, -0.15) is 0 Å². The van der Waals surface area contributed by atoms with Gasteiger partial charge in [0.1, 0.15) is 5.82 Å². The van der Waals surface area contributed by atoms with Crippen molar-refractivity contribution in [3.63, 3.8) is 0 Å². The third kappa shape index (κ3) is 3.76. The third-order valence-corrected chi connectivity index (χ3v) is 8.35. The lowest BCUT2D eigenvalue weighted by atomic mass is 9.78. The summed E-state index contributed by atoms with van der Waals surface area (Å²) in [4.78, 5) is 0. The number of sulfonamides is 1. The molecule has 0 bridgehead atoms. The second-order valence-corrected chi connectivity index (χ2v) is 10.1. The van der Waals surface area contributed by atoms with Gasteiger partial charge >= 0.3 is 0 Å². The van der Waals surface area contributed by atoms with Gasteiger partial charge in [0.2, 0.25) is 10.0 Å². The van der Waals surface area contributed by atoms with Crippen LogP contribution in [-0.4, -0.2) is 43.6 Å². The molecule has 1 aliphatic carbocycles. The van der Waals surface area contributed by atoms with Crippen LogP contribution in [0.4, 0.5) is 4.39 Å². The van der Waals surface area contributed by atoms with Gasteiger partial charge in [0.25, 0.3) is 0 Å². The maximum Gasteiger partial charge on any atom is 0.217 e. The lowest BCUT2D eigenvalue weighted by molar-refractivity contribution is 0.161. The molecule has 1 saturated carbocycles. The van der Waals surface area contributed by atoms with Crippen LogP contribution in [0, 0.1) is 11.7 Å². The highest BCUT2D eigenvalue weighted by Crippen LogP contribution is 2.41. The zero-order chi connectivity index (χ0) is 17.4. The minimum absolute atomic E-state index is 0.135. The van der Waals surface area contributed by atoms with E-state index in [9.17, 15) is 12.8 Å². The molecular formula is C19H27FN2O2S. The van der Waals surface area contributed by atoms with Crippen molar-refractivity contribution in [2.75, 3.05) is 19.6 Å². The van der Waals surface area contributed by atoms with E-state index in [2.05, 4.69) is 5.32 Å². The molecule has 1 aromatic carbocycles. The van der Waals surface area contributed by atoms with Crippen LogP contribution in [0.15, 0.2) is 24.3 Å². The molecule has 4 nitrogen and oxygen atoms in total. The molecule has 0 radical (unpaired) electrons. The van der Waals surface area contributed by atoms with Crippen molar-refractivity contribution >= 4 is 10.0 Å². The Kier molecular flexibility index (Phi) is 4.86. The van der Waals surface area contributed by atoms with Crippen molar-refractivity contribution in [3.05, 3.63) is 35.6 Å². The van der Waals surface area contributed by atoms with Crippen molar-refractivity contribution in [2.24, 2.45) is 5.92 Å². The van der Waals surface area contributed by atoms with Crippen LogP contribution >= 0.6 is 0 Å². The summed E-state index contributed by atoms with van der Waals surface area (Å²) in [5, 5.41) is 3.39. The highest BCUT2D eigenvalue weighted by Gasteiger charge is 2.47. The summed E-state index contributed by atoms with van der Waals surface area (Å²) in [5.41, 5.74) is 1.02. The van der Waals surface area contributed by atoms with Gasteiger partial charge in [0, 0.05) is 19.1 Å². The number of rotatable bonds is 7. The van der Waals surface area contributed by atoms with Crippen LogP contribution in [0.3, 0.4) is 0 Å². The van der Waals surface area contributed by atoms with Gasteiger partial charge in [0.05, 0.1) is 5.25 Å². The normalized spacial score (nSPS) is 26.5. The maximum absolute atomic E-state index is 13.7. The largest absolute Gasteiger partial charge is 0.314 e. The average Bonchev–Trinajstić information content (AvgIpc) is 3.28. The van der Waals surface area contributed by atoms with Gasteiger partial charge in [-0.15, -0.1) is 0 Å². The molecular weight excluding hydrogens is 339 g/mol. The molecule has 3 fully saturated rings. The van der Waals surface area contributed by atoms with Gasteiger partial charge in [0.15, 0.2) is 0 Å². The second kappa shape index (κ2) is 6.97. The Labute approximate surface area is 149 Å². The van der Waals surface area contributed by atoms with E-state index in [0.29, 0.717) is 25.0 Å². The van der Waals surface area contributed by atoms with E-state index in [1.54, 1.807) is 16.4 Å². The van der Waals surface area contributed by atoms with Crippen LogP contribution in [-0.2, 0) is 10.0 Å². The summed E-state index contributed by atoms with van der Waals surface area (Å²) in [6.07, 6.45) is 6.12. The van der Waals surface area contributed by atoms with E-state index in [-0.39, 0.29) is 17.0 Å². The van der Waals surface area contributed by atoms with Crippen LogP contribution in [0.5, 0.6) is 0 Å². The Morgan fingerprint density at radius 3 is 2.68 bits per heavy atom. The molecule has 0 spiro atoms. The Balaban J connectivity index is 1.44. The fraction of sp³-hybridized carbons (Fsp3) is 0.684. The van der Waals surface area contributed by atoms with Crippen molar-refractivity contribution in [2.45, 2.75) is 55.7 Å². The maximum atomic E-state index is 13.7. The highest BCUT2D eigenvalue weighted by atomic mass is 32.2. The summed E-state index contributed by atoms with van der Waals surface area (Å²) in [6.45, 7) is 2.28. The van der Waals surface area contributed by atoms with Crippen LogP contribution in [0.2, 0.25) is 0 Å². The molecule has 0 amide bonds. The number of benzene rings is 1. The lowest BCUT2D eigenvalue weighted by Crippen LogP contribution is -2.53. The fourth-order valence-electron chi connectivity index (χ4n) is 4.30. The van der Waals surface area contributed by atoms with E-state index in [4.69, 9.17) is 0 Å². The first-order valence-electron chi connectivity index (χ1n) is 9.52. The van der Waals surface area contributed by atoms with Crippen LogP contribution in [0.25, 0.3) is 0 Å². The topological polar surface area (TPSA) is 49.4 Å². The molecule has 0 aromatic heterocycles. The van der Waals surface area contributed by atoms with Crippen LogP contribution < -0.4 is 5.32 Å². The zero-order valence-electron chi connectivity index (χ0n) is 14.5. The molecule has 2 aliphatic heterocycles. The quantitative estimate of drug-likeness (QED) is 0.807. The van der Waals surface area contributed by atoms with Crippen molar-refractivity contribution in [3.8, 4) is 0 Å². The van der Waals surface area contributed by atoms with Gasteiger partial charge in [-0.25, -0.2) is 17.1 Å². The smallest absolute Gasteiger partial charge is 0.217 e. The second-order valence-electron chi connectivity index (χ2n) is 7.85. The molecule has 2 atom stereocenters. The molecule has 4 rings (SSSR count). The van der Waals surface area contributed by atoms with Crippen molar-refractivity contribution in [1.29, 1.82) is 0 Å². The van der Waals surface area contributed by atoms with E-state index in [1.165, 1.54) is 18.9 Å². The van der Waals surface area contributed by atoms with Gasteiger partial charge in [-0.05, 0) is 74.6 Å². The van der Waals surface area contributed by atoms with E-state index < -0.39 is 10.0 Å². The number of hydrogen-bond acceptors (Lipinski definition) is 3. The van der Waals surface area contributed by atoms with E-state index in [0.717, 1.165) is 37.8 Å². The standard InChI is InChI=1S/C19H27FN2O2S/c20-16-4-1-3-14(11-16)19(9-6-17-5-2-10-21-17)15-12-22(13-15)25(23,24)18-7-8-18/h1,3-4,11,15,17-19,21H,2,5-10,12-13H2. The molecule has 1 aromatic rings. The Bertz CT molecular complexity index is 708. The fourth-order valence-corrected chi connectivity index (χ4v) is 6.26. The van der Waals surface area contributed by atoms with Gasteiger partial charge in [-0.1, -0.05) is 12.1 Å². The van der Waals surface area contributed by atoms with E-state index in [1.807, 2.05) is 6.07 Å². The highest BCUT2D eigenvalue weighted by molar-refractivity contribution is 7.90. The zero-order valence-corrected chi connectivity index (χ0v) is 15.3. The monoisotopic (exact) mass is 366 g/mol. The van der Waals surface area contributed by atoms with E-state index >= 15 is 0 Å². The molecule has 138 valence electrons. The number of hydrogen-bond donors (Lipinski definition) is 1. The summed E-state index contributed by atoms with van der Waals surface area (Å²) in [5.74, 6) is 0.337. The number of nitrogens with zero attached hydrogens (tertiary/aromatic N) is 1. The molecule has 1 N–H and O–H groups in total. The molecule has 2 heterocycles. The molecule has 3 aliphatic rings. The Morgan fingerprint density at radius 2 is 2.04 bits per heavy atom. The third-order valence-electron chi connectivity index (χ3n) is 6.02. The lowest BCUT2D eigenvalue weighted by Gasteiger charge is -2.43.